The fourth-order valence-electron chi connectivity index (χ4n) is 2.32. The minimum Gasteiger partial charge on any atom is -0.480 e. The molecule has 1 N–H and O–H groups in total. The van der Waals surface area contributed by atoms with Gasteiger partial charge >= 0.3 is 18.0 Å². The van der Waals surface area contributed by atoms with Crippen molar-refractivity contribution in [3.63, 3.8) is 0 Å². The lowest BCUT2D eigenvalue weighted by Crippen LogP contribution is -2.60. The first kappa shape index (κ1) is 16.3. The van der Waals surface area contributed by atoms with Gasteiger partial charge in [0.05, 0.1) is 6.61 Å². The molecule has 7 heteroatoms. The Hall–Kier alpha value is -1.79. The third-order valence-corrected chi connectivity index (χ3v) is 3.58. The Kier molecular flexibility index (Phi) is 5.35. The SMILES string of the molecule is CCOC(=O)CN(C)C(=O)N1CCCCC1(C)C(=O)O. The Morgan fingerprint density at radius 3 is 2.55 bits per heavy atom. The van der Waals surface area contributed by atoms with E-state index < -0.39 is 23.5 Å². The van der Waals surface area contributed by atoms with Gasteiger partial charge < -0.3 is 19.6 Å². The van der Waals surface area contributed by atoms with E-state index in [1.807, 2.05) is 0 Å². The van der Waals surface area contributed by atoms with Crippen molar-refractivity contribution in [3.05, 3.63) is 0 Å². The summed E-state index contributed by atoms with van der Waals surface area (Å²) in [5.74, 6) is -1.52. The van der Waals surface area contributed by atoms with Crippen molar-refractivity contribution >= 4 is 18.0 Å². The molecule has 0 aromatic rings. The van der Waals surface area contributed by atoms with Crippen molar-refractivity contribution < 1.29 is 24.2 Å². The number of rotatable bonds is 4. The number of likely N-dealkylation sites (N-methyl/N-ethyl adjacent to an activating group) is 1. The topological polar surface area (TPSA) is 87.2 Å². The number of ether oxygens (including phenoxy) is 1. The highest BCUT2D eigenvalue weighted by molar-refractivity contribution is 5.87. The molecular formula is C13H22N2O5. The number of esters is 1. The monoisotopic (exact) mass is 286 g/mol. The summed E-state index contributed by atoms with van der Waals surface area (Å²) in [6.45, 7) is 3.68. The van der Waals surface area contributed by atoms with Gasteiger partial charge in [0.15, 0.2) is 0 Å². The molecule has 1 unspecified atom stereocenters. The average molecular weight is 286 g/mol. The standard InChI is InChI=1S/C13H22N2O5/c1-4-20-10(16)9-14(3)12(19)15-8-6-5-7-13(15,2)11(17)18/h4-9H2,1-3H3,(H,17,18). The molecule has 1 rings (SSSR count). The zero-order chi connectivity index (χ0) is 15.3. The number of carboxylic acids is 1. The number of piperidine rings is 1. The van der Waals surface area contributed by atoms with Crippen molar-refractivity contribution in [2.45, 2.75) is 38.6 Å². The number of urea groups is 1. The Morgan fingerprint density at radius 2 is 2.00 bits per heavy atom. The number of likely N-dealkylation sites (tertiary alicyclic amines) is 1. The van der Waals surface area contributed by atoms with Crippen molar-refractivity contribution in [1.29, 1.82) is 0 Å². The van der Waals surface area contributed by atoms with Crippen LogP contribution in [0.2, 0.25) is 0 Å². The van der Waals surface area contributed by atoms with Crippen molar-refractivity contribution in [3.8, 4) is 0 Å². The summed E-state index contributed by atoms with van der Waals surface area (Å²) in [5.41, 5.74) is -1.21. The van der Waals surface area contributed by atoms with E-state index in [0.717, 1.165) is 12.8 Å². The van der Waals surface area contributed by atoms with Crippen molar-refractivity contribution in [2.75, 3.05) is 26.7 Å². The van der Waals surface area contributed by atoms with Crippen molar-refractivity contribution in [2.24, 2.45) is 0 Å². The fraction of sp³-hybridized carbons (Fsp3) is 0.769. The smallest absolute Gasteiger partial charge is 0.329 e. The lowest BCUT2D eigenvalue weighted by Gasteiger charge is -2.42. The summed E-state index contributed by atoms with van der Waals surface area (Å²) < 4.78 is 4.78. The molecule has 1 aliphatic rings. The van der Waals surface area contributed by atoms with Crippen LogP contribution in [-0.2, 0) is 14.3 Å². The number of hydrogen-bond acceptors (Lipinski definition) is 4. The quantitative estimate of drug-likeness (QED) is 0.777. The van der Waals surface area contributed by atoms with Gasteiger partial charge in [-0.15, -0.1) is 0 Å². The number of carbonyl (C=O) groups excluding carboxylic acids is 2. The molecule has 0 saturated carbocycles. The lowest BCUT2D eigenvalue weighted by molar-refractivity contribution is -0.150. The summed E-state index contributed by atoms with van der Waals surface area (Å²) >= 11 is 0. The third-order valence-electron chi connectivity index (χ3n) is 3.58. The molecule has 1 heterocycles. The van der Waals surface area contributed by atoms with Crippen LogP contribution in [0.5, 0.6) is 0 Å². The van der Waals surface area contributed by atoms with Gasteiger partial charge in [0, 0.05) is 13.6 Å². The zero-order valence-corrected chi connectivity index (χ0v) is 12.2. The first-order valence-electron chi connectivity index (χ1n) is 6.74. The summed E-state index contributed by atoms with van der Waals surface area (Å²) in [4.78, 5) is 37.7. The van der Waals surface area contributed by atoms with E-state index in [-0.39, 0.29) is 13.2 Å². The molecule has 0 aliphatic carbocycles. The van der Waals surface area contributed by atoms with E-state index in [1.54, 1.807) is 13.8 Å². The molecule has 1 fully saturated rings. The first-order valence-corrected chi connectivity index (χ1v) is 6.74. The Labute approximate surface area is 118 Å². The van der Waals surface area contributed by atoms with Crippen LogP contribution in [0.4, 0.5) is 4.79 Å². The van der Waals surface area contributed by atoms with Gasteiger partial charge in [-0.25, -0.2) is 9.59 Å². The highest BCUT2D eigenvalue weighted by Crippen LogP contribution is 2.29. The Balaban J connectivity index is 2.77. The number of aliphatic carboxylic acids is 1. The van der Waals surface area contributed by atoms with E-state index in [0.29, 0.717) is 13.0 Å². The van der Waals surface area contributed by atoms with Crippen LogP contribution >= 0.6 is 0 Å². The maximum atomic E-state index is 12.3. The second-order valence-electron chi connectivity index (χ2n) is 5.13. The van der Waals surface area contributed by atoms with Crippen LogP contribution in [0.1, 0.15) is 33.1 Å². The zero-order valence-electron chi connectivity index (χ0n) is 12.2. The number of carboxylic acid groups (broad SMARTS) is 1. The average Bonchev–Trinajstić information content (AvgIpc) is 2.38. The van der Waals surface area contributed by atoms with E-state index in [9.17, 15) is 19.5 Å². The summed E-state index contributed by atoms with van der Waals surface area (Å²) in [6.07, 6.45) is 1.96. The highest BCUT2D eigenvalue weighted by Gasteiger charge is 2.44. The second-order valence-corrected chi connectivity index (χ2v) is 5.13. The Morgan fingerprint density at radius 1 is 1.35 bits per heavy atom. The minimum atomic E-state index is -1.21. The van der Waals surface area contributed by atoms with E-state index in [4.69, 9.17) is 4.74 Å². The number of hydrogen-bond donors (Lipinski definition) is 1. The largest absolute Gasteiger partial charge is 0.480 e. The molecule has 1 aliphatic heterocycles. The lowest BCUT2D eigenvalue weighted by atomic mass is 9.89. The van der Waals surface area contributed by atoms with Crippen LogP contribution in [0.25, 0.3) is 0 Å². The molecule has 0 radical (unpaired) electrons. The van der Waals surface area contributed by atoms with Gasteiger partial charge in [-0.1, -0.05) is 0 Å². The molecule has 2 amide bonds. The minimum absolute atomic E-state index is 0.182. The predicted molar refractivity (Wildman–Crippen MR) is 71.3 cm³/mol. The number of nitrogens with zero attached hydrogens (tertiary/aromatic N) is 2. The maximum absolute atomic E-state index is 12.3. The normalized spacial score (nSPS) is 22.2. The third kappa shape index (κ3) is 3.40. The summed E-state index contributed by atoms with van der Waals surface area (Å²) in [7, 11) is 1.47. The highest BCUT2D eigenvalue weighted by atomic mass is 16.5. The van der Waals surface area contributed by atoms with Gasteiger partial charge in [-0.2, -0.15) is 0 Å². The summed E-state index contributed by atoms with van der Waals surface area (Å²) in [6, 6.07) is -0.456. The van der Waals surface area contributed by atoms with Crippen LogP contribution < -0.4 is 0 Å². The second kappa shape index (κ2) is 6.58. The van der Waals surface area contributed by atoms with Crippen LogP contribution in [0.15, 0.2) is 0 Å². The molecule has 1 saturated heterocycles. The molecule has 0 spiro atoms. The molecule has 0 aromatic heterocycles. The first-order chi connectivity index (χ1) is 9.32. The van der Waals surface area contributed by atoms with Gasteiger partial charge in [-0.05, 0) is 33.1 Å². The van der Waals surface area contributed by atoms with Crippen LogP contribution in [0, 0.1) is 0 Å². The van der Waals surface area contributed by atoms with E-state index in [2.05, 4.69) is 0 Å². The van der Waals surface area contributed by atoms with Crippen molar-refractivity contribution in [1.82, 2.24) is 9.80 Å². The summed E-state index contributed by atoms with van der Waals surface area (Å²) in [5, 5.41) is 9.36. The molecule has 0 bridgehead atoms. The Bertz CT molecular complexity index is 398. The van der Waals surface area contributed by atoms with E-state index >= 15 is 0 Å². The van der Waals surface area contributed by atoms with Crippen LogP contribution in [0.3, 0.4) is 0 Å². The molecule has 20 heavy (non-hydrogen) atoms. The number of carbonyl (C=O) groups is 3. The molecule has 0 aromatic carbocycles. The van der Waals surface area contributed by atoms with E-state index in [1.165, 1.54) is 16.8 Å². The molecule has 1 atom stereocenters. The molecule has 114 valence electrons. The van der Waals surface area contributed by atoms with Gasteiger partial charge in [-0.3, -0.25) is 4.79 Å². The van der Waals surface area contributed by atoms with Gasteiger partial charge in [0.2, 0.25) is 0 Å². The maximum Gasteiger partial charge on any atom is 0.329 e. The predicted octanol–water partition coefficient (Wildman–Crippen LogP) is 0.930. The number of amides is 2. The van der Waals surface area contributed by atoms with Gasteiger partial charge in [0.1, 0.15) is 12.1 Å². The van der Waals surface area contributed by atoms with Crippen LogP contribution in [-0.4, -0.2) is 65.2 Å². The molecule has 7 nitrogen and oxygen atoms in total. The molecular weight excluding hydrogens is 264 g/mol. The van der Waals surface area contributed by atoms with Gasteiger partial charge in [0.25, 0.3) is 0 Å². The fourth-order valence-corrected chi connectivity index (χ4v) is 2.32.